The maximum Gasteiger partial charge on any atom is 0.326 e. The number of carbonyl (C=O) groups is 2. The first kappa shape index (κ1) is 14.8. The molecular formula is C12H22N2O4. The molecule has 0 heterocycles. The molecule has 104 valence electrons. The van der Waals surface area contributed by atoms with Crippen molar-refractivity contribution in [3.63, 3.8) is 0 Å². The van der Waals surface area contributed by atoms with Gasteiger partial charge in [0.1, 0.15) is 6.04 Å². The third kappa shape index (κ3) is 3.87. The van der Waals surface area contributed by atoms with E-state index in [1.54, 1.807) is 0 Å². The van der Waals surface area contributed by atoms with Crippen molar-refractivity contribution in [1.82, 2.24) is 10.6 Å². The van der Waals surface area contributed by atoms with Crippen LogP contribution in [0.25, 0.3) is 0 Å². The van der Waals surface area contributed by atoms with Gasteiger partial charge in [-0.05, 0) is 24.7 Å². The standard InChI is InChI=1S/C12H22N2O4/c1-2-12(5-3-6-12)8-13-11(18)14-9(4-7-15)10(16)17/h9,15H,2-8H2,1H3,(H,16,17)(H2,13,14,18). The minimum absolute atomic E-state index is 0.0155. The van der Waals surface area contributed by atoms with Crippen molar-refractivity contribution in [3.05, 3.63) is 0 Å². The summed E-state index contributed by atoms with van der Waals surface area (Å²) in [7, 11) is 0. The molecule has 1 rings (SSSR count). The first-order chi connectivity index (χ1) is 8.53. The second-order valence-electron chi connectivity index (χ2n) is 4.94. The quantitative estimate of drug-likeness (QED) is 0.540. The molecule has 2 amide bonds. The van der Waals surface area contributed by atoms with Crippen LogP contribution in [-0.2, 0) is 4.79 Å². The molecule has 1 fully saturated rings. The van der Waals surface area contributed by atoms with E-state index in [1.807, 2.05) is 0 Å². The Hall–Kier alpha value is -1.30. The number of aliphatic hydroxyl groups excluding tert-OH is 1. The summed E-state index contributed by atoms with van der Waals surface area (Å²) < 4.78 is 0. The summed E-state index contributed by atoms with van der Waals surface area (Å²) >= 11 is 0. The van der Waals surface area contributed by atoms with Crippen LogP contribution in [0, 0.1) is 5.41 Å². The highest BCUT2D eigenvalue weighted by Crippen LogP contribution is 2.42. The molecule has 6 nitrogen and oxygen atoms in total. The monoisotopic (exact) mass is 258 g/mol. The molecule has 1 atom stereocenters. The maximum atomic E-state index is 11.6. The van der Waals surface area contributed by atoms with Gasteiger partial charge in [0.2, 0.25) is 0 Å². The number of carboxylic acids is 1. The minimum atomic E-state index is -1.13. The zero-order chi connectivity index (χ0) is 13.6. The molecular weight excluding hydrogens is 236 g/mol. The van der Waals surface area contributed by atoms with Crippen LogP contribution in [0.5, 0.6) is 0 Å². The van der Waals surface area contributed by atoms with E-state index < -0.39 is 18.0 Å². The highest BCUT2D eigenvalue weighted by molar-refractivity contribution is 5.82. The van der Waals surface area contributed by atoms with E-state index in [1.165, 1.54) is 6.42 Å². The Labute approximate surface area is 107 Å². The third-order valence-electron chi connectivity index (χ3n) is 3.81. The molecule has 1 aliphatic rings. The molecule has 0 aromatic heterocycles. The molecule has 0 bridgehead atoms. The molecule has 0 saturated heterocycles. The van der Waals surface area contributed by atoms with Crippen LogP contribution in [0.2, 0.25) is 0 Å². The molecule has 0 aliphatic heterocycles. The number of carboxylic acid groups (broad SMARTS) is 1. The molecule has 0 aromatic carbocycles. The third-order valence-corrected chi connectivity index (χ3v) is 3.81. The van der Waals surface area contributed by atoms with Crippen molar-refractivity contribution in [1.29, 1.82) is 0 Å². The van der Waals surface area contributed by atoms with Gasteiger partial charge in [0.25, 0.3) is 0 Å². The van der Waals surface area contributed by atoms with Gasteiger partial charge in [0, 0.05) is 19.6 Å². The van der Waals surface area contributed by atoms with Crippen molar-refractivity contribution >= 4 is 12.0 Å². The largest absolute Gasteiger partial charge is 0.480 e. The van der Waals surface area contributed by atoms with Crippen LogP contribution < -0.4 is 10.6 Å². The van der Waals surface area contributed by atoms with E-state index >= 15 is 0 Å². The zero-order valence-corrected chi connectivity index (χ0v) is 10.7. The van der Waals surface area contributed by atoms with Crippen molar-refractivity contribution in [2.75, 3.05) is 13.2 Å². The summed E-state index contributed by atoms with van der Waals surface area (Å²) in [6.45, 7) is 2.42. The van der Waals surface area contributed by atoms with E-state index in [-0.39, 0.29) is 18.4 Å². The van der Waals surface area contributed by atoms with Crippen LogP contribution in [0.15, 0.2) is 0 Å². The summed E-state index contributed by atoms with van der Waals surface area (Å²) in [5, 5.41) is 22.6. The Morgan fingerprint density at radius 2 is 2.06 bits per heavy atom. The van der Waals surface area contributed by atoms with Gasteiger partial charge in [-0.1, -0.05) is 13.3 Å². The number of amides is 2. The van der Waals surface area contributed by atoms with Gasteiger partial charge in [0.15, 0.2) is 0 Å². The van der Waals surface area contributed by atoms with Gasteiger partial charge >= 0.3 is 12.0 Å². The normalized spacial score (nSPS) is 18.6. The van der Waals surface area contributed by atoms with Crippen molar-refractivity contribution in [2.45, 2.75) is 45.1 Å². The molecule has 1 aliphatic carbocycles. The van der Waals surface area contributed by atoms with Gasteiger partial charge in [-0.2, -0.15) is 0 Å². The molecule has 18 heavy (non-hydrogen) atoms. The second kappa shape index (κ2) is 6.58. The second-order valence-corrected chi connectivity index (χ2v) is 4.94. The highest BCUT2D eigenvalue weighted by Gasteiger charge is 2.35. The van der Waals surface area contributed by atoms with Gasteiger partial charge in [-0.15, -0.1) is 0 Å². The minimum Gasteiger partial charge on any atom is -0.480 e. The number of aliphatic hydroxyl groups is 1. The van der Waals surface area contributed by atoms with Crippen LogP contribution in [0.1, 0.15) is 39.0 Å². The first-order valence-corrected chi connectivity index (χ1v) is 6.41. The Morgan fingerprint density at radius 1 is 1.39 bits per heavy atom. The Bertz CT molecular complexity index is 297. The van der Waals surface area contributed by atoms with Gasteiger partial charge in [-0.3, -0.25) is 0 Å². The van der Waals surface area contributed by atoms with E-state index in [4.69, 9.17) is 10.2 Å². The average Bonchev–Trinajstić information content (AvgIpc) is 2.27. The highest BCUT2D eigenvalue weighted by atomic mass is 16.4. The van der Waals surface area contributed by atoms with Crippen LogP contribution in [0.4, 0.5) is 4.79 Å². The van der Waals surface area contributed by atoms with Gasteiger partial charge in [-0.25, -0.2) is 9.59 Å². The SMILES string of the molecule is CCC1(CNC(=O)NC(CCO)C(=O)O)CCC1. The fraction of sp³-hybridized carbons (Fsp3) is 0.833. The summed E-state index contributed by atoms with van der Waals surface area (Å²) in [6, 6.07) is -1.51. The lowest BCUT2D eigenvalue weighted by atomic mass is 9.67. The predicted molar refractivity (Wildman–Crippen MR) is 66.2 cm³/mol. The van der Waals surface area contributed by atoms with Crippen LogP contribution >= 0.6 is 0 Å². The fourth-order valence-corrected chi connectivity index (χ4v) is 2.20. The molecule has 1 unspecified atom stereocenters. The molecule has 4 N–H and O–H groups in total. The van der Waals surface area contributed by atoms with Crippen molar-refractivity contribution in [2.24, 2.45) is 5.41 Å². The van der Waals surface area contributed by atoms with Crippen molar-refractivity contribution in [3.8, 4) is 0 Å². The number of carbonyl (C=O) groups excluding carboxylic acids is 1. The molecule has 0 radical (unpaired) electrons. The average molecular weight is 258 g/mol. The van der Waals surface area contributed by atoms with E-state index in [9.17, 15) is 9.59 Å². The zero-order valence-electron chi connectivity index (χ0n) is 10.7. The maximum absolute atomic E-state index is 11.6. The number of hydrogen-bond donors (Lipinski definition) is 4. The lowest BCUT2D eigenvalue weighted by molar-refractivity contribution is -0.139. The molecule has 1 saturated carbocycles. The summed E-state index contributed by atoms with van der Waals surface area (Å²) in [6.07, 6.45) is 4.46. The number of hydrogen-bond acceptors (Lipinski definition) is 3. The van der Waals surface area contributed by atoms with Crippen LogP contribution in [-0.4, -0.2) is 41.4 Å². The molecule has 6 heteroatoms. The number of rotatable bonds is 7. The lowest BCUT2D eigenvalue weighted by Gasteiger charge is -2.41. The summed E-state index contributed by atoms with van der Waals surface area (Å²) in [5.41, 5.74) is 0.201. The van der Waals surface area contributed by atoms with Crippen molar-refractivity contribution < 1.29 is 19.8 Å². The Kier molecular flexibility index (Phi) is 5.40. The Balaban J connectivity index is 2.33. The fourth-order valence-electron chi connectivity index (χ4n) is 2.20. The first-order valence-electron chi connectivity index (χ1n) is 6.41. The van der Waals surface area contributed by atoms with E-state index in [2.05, 4.69) is 17.6 Å². The molecule has 0 aromatic rings. The van der Waals surface area contributed by atoms with Crippen LogP contribution in [0.3, 0.4) is 0 Å². The van der Waals surface area contributed by atoms with Gasteiger partial charge < -0.3 is 20.8 Å². The Morgan fingerprint density at radius 3 is 2.44 bits per heavy atom. The predicted octanol–water partition coefficient (Wildman–Crippen LogP) is 0.701. The lowest BCUT2D eigenvalue weighted by Crippen LogP contribution is -2.50. The molecule has 0 spiro atoms. The summed E-state index contributed by atoms with van der Waals surface area (Å²) in [5.74, 6) is -1.13. The number of aliphatic carboxylic acids is 1. The van der Waals surface area contributed by atoms with E-state index in [0.717, 1.165) is 19.3 Å². The van der Waals surface area contributed by atoms with E-state index in [0.29, 0.717) is 6.54 Å². The smallest absolute Gasteiger partial charge is 0.326 e. The number of nitrogens with one attached hydrogen (secondary N) is 2. The number of urea groups is 1. The topological polar surface area (TPSA) is 98.7 Å². The van der Waals surface area contributed by atoms with Gasteiger partial charge in [0.05, 0.1) is 0 Å². The summed E-state index contributed by atoms with van der Waals surface area (Å²) in [4.78, 5) is 22.4.